The van der Waals surface area contributed by atoms with Crippen LogP contribution >= 0.6 is 0 Å². The molecule has 2 bridgehead atoms. The molecule has 0 radical (unpaired) electrons. The van der Waals surface area contributed by atoms with E-state index in [1.807, 2.05) is 42.5 Å². The summed E-state index contributed by atoms with van der Waals surface area (Å²) in [5.74, 6) is -0.839. The van der Waals surface area contributed by atoms with Crippen LogP contribution in [0.4, 0.5) is 5.69 Å². The van der Waals surface area contributed by atoms with Crippen LogP contribution in [-0.4, -0.2) is 36.1 Å². The smallest absolute Gasteiger partial charge is 0.234 e. The highest BCUT2D eigenvalue weighted by Crippen LogP contribution is 2.52. The van der Waals surface area contributed by atoms with Gasteiger partial charge in [0, 0.05) is 11.7 Å². The molecule has 1 N–H and O–H groups in total. The topological polar surface area (TPSA) is 58.6 Å². The minimum atomic E-state index is -0.636. The summed E-state index contributed by atoms with van der Waals surface area (Å²) in [4.78, 5) is 27.4. The Morgan fingerprint density at radius 2 is 2.04 bits per heavy atom. The number of fused-ring (bicyclic) bond motifs is 1. The third-order valence-electron chi connectivity index (χ3n) is 5.39. The molecule has 118 valence electrons. The Morgan fingerprint density at radius 1 is 1.26 bits per heavy atom. The number of amides is 2. The molecule has 2 unspecified atom stereocenters. The van der Waals surface area contributed by atoms with Crippen LogP contribution in [0.15, 0.2) is 42.5 Å². The number of hydrogen-bond donors (Lipinski definition) is 1. The van der Waals surface area contributed by atoms with E-state index in [0.29, 0.717) is 12.6 Å². The molecule has 2 saturated heterocycles. The van der Waals surface area contributed by atoms with E-state index in [0.717, 1.165) is 18.5 Å². The van der Waals surface area contributed by atoms with Gasteiger partial charge in [0.15, 0.2) is 0 Å². The molecule has 4 aliphatic rings. The molecule has 1 aromatic rings. The molecule has 0 aromatic heterocycles. The second kappa shape index (κ2) is 4.45. The Balaban J connectivity index is 1.48. The van der Waals surface area contributed by atoms with Gasteiger partial charge in [-0.2, -0.15) is 0 Å². The maximum absolute atomic E-state index is 13.0. The number of para-hydroxylation sites is 1. The van der Waals surface area contributed by atoms with Crippen molar-refractivity contribution < 1.29 is 14.3 Å². The van der Waals surface area contributed by atoms with Crippen molar-refractivity contribution in [1.82, 2.24) is 5.32 Å². The van der Waals surface area contributed by atoms with Crippen LogP contribution in [-0.2, 0) is 14.3 Å². The van der Waals surface area contributed by atoms with E-state index in [-0.39, 0.29) is 17.9 Å². The molecule has 5 heteroatoms. The fourth-order valence-corrected chi connectivity index (χ4v) is 4.15. The summed E-state index contributed by atoms with van der Waals surface area (Å²) < 4.78 is 6.11. The maximum Gasteiger partial charge on any atom is 0.234 e. The zero-order valence-electron chi connectivity index (χ0n) is 12.6. The van der Waals surface area contributed by atoms with Gasteiger partial charge in [-0.3, -0.25) is 9.59 Å². The number of nitrogens with zero attached hydrogens (tertiary/aromatic N) is 1. The molecule has 3 fully saturated rings. The molecule has 1 aromatic carbocycles. The molecular weight excluding hydrogens is 292 g/mol. The van der Waals surface area contributed by atoms with Crippen molar-refractivity contribution in [2.75, 3.05) is 11.4 Å². The quantitative estimate of drug-likeness (QED) is 0.855. The largest absolute Gasteiger partial charge is 0.360 e. The Kier molecular flexibility index (Phi) is 2.57. The van der Waals surface area contributed by atoms with E-state index >= 15 is 0 Å². The minimum absolute atomic E-state index is 0.000929. The molecule has 5 nitrogen and oxygen atoms in total. The van der Waals surface area contributed by atoms with Gasteiger partial charge in [-0.15, -0.1) is 0 Å². The fourth-order valence-electron chi connectivity index (χ4n) is 4.15. The predicted octanol–water partition coefficient (Wildman–Crippen LogP) is 1.25. The lowest BCUT2D eigenvalue weighted by atomic mass is 9.77. The monoisotopic (exact) mass is 310 g/mol. The fraction of sp³-hybridized carbons (Fsp3) is 0.444. The molecule has 1 spiro atoms. The average Bonchev–Trinajstić information content (AvgIpc) is 3.09. The third kappa shape index (κ3) is 1.83. The van der Waals surface area contributed by atoms with Crippen molar-refractivity contribution in [2.24, 2.45) is 11.8 Å². The molecule has 1 aliphatic carbocycles. The zero-order chi connectivity index (χ0) is 15.6. The van der Waals surface area contributed by atoms with Crippen LogP contribution in [0.5, 0.6) is 0 Å². The highest BCUT2D eigenvalue weighted by Gasteiger charge is 2.67. The number of hydrogen-bond acceptors (Lipinski definition) is 3. The van der Waals surface area contributed by atoms with Gasteiger partial charge < -0.3 is 15.0 Å². The lowest BCUT2D eigenvalue weighted by molar-refractivity contribution is -0.132. The predicted molar refractivity (Wildman–Crippen MR) is 83.7 cm³/mol. The van der Waals surface area contributed by atoms with Crippen LogP contribution in [0, 0.1) is 11.8 Å². The van der Waals surface area contributed by atoms with Crippen LogP contribution in [0.3, 0.4) is 0 Å². The molecule has 2 amide bonds. The summed E-state index contributed by atoms with van der Waals surface area (Å²) in [6, 6.07) is 9.90. The van der Waals surface area contributed by atoms with Gasteiger partial charge in [0.25, 0.3) is 0 Å². The van der Waals surface area contributed by atoms with Gasteiger partial charge >= 0.3 is 0 Å². The van der Waals surface area contributed by atoms with Gasteiger partial charge in [0.1, 0.15) is 5.60 Å². The van der Waals surface area contributed by atoms with Crippen molar-refractivity contribution in [3.63, 3.8) is 0 Å². The summed E-state index contributed by atoms with van der Waals surface area (Å²) in [5.41, 5.74) is 0.228. The summed E-state index contributed by atoms with van der Waals surface area (Å²) in [5, 5.41) is 3.04. The van der Waals surface area contributed by atoms with Crippen LogP contribution in [0.25, 0.3) is 0 Å². The van der Waals surface area contributed by atoms with Gasteiger partial charge in [0.2, 0.25) is 11.8 Å². The molecule has 23 heavy (non-hydrogen) atoms. The summed E-state index contributed by atoms with van der Waals surface area (Å²) in [6.45, 7) is 0.487. The van der Waals surface area contributed by atoms with Crippen molar-refractivity contribution in [3.8, 4) is 0 Å². The van der Waals surface area contributed by atoms with E-state index < -0.39 is 17.4 Å². The summed E-state index contributed by atoms with van der Waals surface area (Å²) in [6.07, 6.45) is 5.76. The summed E-state index contributed by atoms with van der Waals surface area (Å²) >= 11 is 0. The molecule has 1 saturated carbocycles. The molecule has 3 heterocycles. The number of benzene rings is 1. The standard InChI is InChI=1S/C18H18N2O3/c21-16(19-11-6-7-11)14-13-8-9-18(23-13)10-20(17(22)15(14)18)12-4-2-1-3-5-12/h1-5,8-9,11,13-15H,6-7,10H2,(H,19,21)/t13-,14?,15?,18-/m0/s1. The number of carbonyl (C=O) groups excluding carboxylic acids is 2. The molecule has 4 atom stereocenters. The highest BCUT2D eigenvalue weighted by molar-refractivity contribution is 6.03. The number of anilines is 1. The SMILES string of the molecule is O=C(NC1CC1)C1C2C(=O)N(c3ccccc3)C[C@@]23C=C[C@@H]1O3. The molecule has 3 aliphatic heterocycles. The lowest BCUT2D eigenvalue weighted by Crippen LogP contribution is -2.44. The third-order valence-corrected chi connectivity index (χ3v) is 5.39. The van der Waals surface area contributed by atoms with Gasteiger partial charge in [-0.05, 0) is 25.0 Å². The Morgan fingerprint density at radius 3 is 2.78 bits per heavy atom. The first-order chi connectivity index (χ1) is 11.2. The highest BCUT2D eigenvalue weighted by atomic mass is 16.5. The number of rotatable bonds is 3. The number of ether oxygens (including phenoxy) is 1. The first kappa shape index (κ1) is 13.3. The van der Waals surface area contributed by atoms with E-state index in [2.05, 4.69) is 5.32 Å². The number of carbonyl (C=O) groups is 2. The molecule has 5 rings (SSSR count). The van der Waals surface area contributed by atoms with Crippen LogP contribution in [0.2, 0.25) is 0 Å². The Hall–Kier alpha value is -2.14. The van der Waals surface area contributed by atoms with Crippen molar-refractivity contribution >= 4 is 17.5 Å². The lowest BCUT2D eigenvalue weighted by Gasteiger charge is -2.23. The first-order valence-electron chi connectivity index (χ1n) is 8.22. The second-order valence-electron chi connectivity index (χ2n) is 6.94. The van der Waals surface area contributed by atoms with E-state index in [4.69, 9.17) is 4.74 Å². The van der Waals surface area contributed by atoms with E-state index in [9.17, 15) is 9.59 Å². The summed E-state index contributed by atoms with van der Waals surface area (Å²) in [7, 11) is 0. The normalized spacial score (nSPS) is 37.3. The Bertz CT molecular complexity index is 712. The van der Waals surface area contributed by atoms with E-state index in [1.165, 1.54) is 0 Å². The van der Waals surface area contributed by atoms with Crippen molar-refractivity contribution in [3.05, 3.63) is 42.5 Å². The number of nitrogens with one attached hydrogen (secondary N) is 1. The molecular formula is C18H18N2O3. The van der Waals surface area contributed by atoms with Gasteiger partial charge in [-0.1, -0.05) is 30.4 Å². The minimum Gasteiger partial charge on any atom is -0.360 e. The zero-order valence-corrected chi connectivity index (χ0v) is 12.6. The second-order valence-corrected chi connectivity index (χ2v) is 6.94. The first-order valence-corrected chi connectivity index (χ1v) is 8.22. The maximum atomic E-state index is 13.0. The van der Waals surface area contributed by atoms with Gasteiger partial charge in [0.05, 0.1) is 24.5 Å². The van der Waals surface area contributed by atoms with Crippen molar-refractivity contribution in [2.45, 2.75) is 30.6 Å². The van der Waals surface area contributed by atoms with Gasteiger partial charge in [-0.25, -0.2) is 0 Å². The van der Waals surface area contributed by atoms with Crippen LogP contribution in [0.1, 0.15) is 12.8 Å². The average molecular weight is 310 g/mol. The van der Waals surface area contributed by atoms with E-state index in [1.54, 1.807) is 4.90 Å². The van der Waals surface area contributed by atoms with Crippen molar-refractivity contribution in [1.29, 1.82) is 0 Å². The van der Waals surface area contributed by atoms with Crippen LogP contribution < -0.4 is 10.2 Å². The Labute approximate surface area is 134 Å².